The Labute approximate surface area is 188 Å². The molecule has 0 atom stereocenters. The summed E-state index contributed by atoms with van der Waals surface area (Å²) in [6, 6.07) is 27.6. The number of nitrogens with one attached hydrogen (secondary N) is 1. The van der Waals surface area contributed by atoms with Gasteiger partial charge in [0.25, 0.3) is 0 Å². The molecule has 1 N–H and O–H groups in total. The Morgan fingerprint density at radius 3 is 2.03 bits per heavy atom. The number of ether oxygens (including phenoxy) is 1. The molecule has 160 valence electrons. The molecular formula is C27H25N3O2. The first kappa shape index (κ1) is 21.2. The minimum absolute atomic E-state index is 0.265. The van der Waals surface area contributed by atoms with E-state index in [1.165, 1.54) is 5.56 Å². The lowest BCUT2D eigenvalue weighted by atomic mass is 9.95. The lowest BCUT2D eigenvalue weighted by Crippen LogP contribution is -2.13. The SMILES string of the molecule is CCOC(=O)c1c(Nc2ccc(CC)cc2)nnc(-c2ccccc2)c1-c1ccccc1. The van der Waals surface area contributed by atoms with Crippen LogP contribution in [0.5, 0.6) is 0 Å². The Hall–Kier alpha value is -3.99. The van der Waals surface area contributed by atoms with Crippen LogP contribution in [-0.4, -0.2) is 22.8 Å². The van der Waals surface area contributed by atoms with Crippen molar-refractivity contribution in [2.45, 2.75) is 20.3 Å². The molecule has 32 heavy (non-hydrogen) atoms. The van der Waals surface area contributed by atoms with Crippen molar-refractivity contribution in [3.05, 3.63) is 96.1 Å². The fourth-order valence-electron chi connectivity index (χ4n) is 3.57. The highest BCUT2D eigenvalue weighted by atomic mass is 16.5. The number of benzene rings is 3. The molecular weight excluding hydrogens is 398 g/mol. The number of hydrogen-bond donors (Lipinski definition) is 1. The van der Waals surface area contributed by atoms with E-state index in [0.29, 0.717) is 22.6 Å². The van der Waals surface area contributed by atoms with Gasteiger partial charge in [-0.25, -0.2) is 4.79 Å². The van der Waals surface area contributed by atoms with Crippen molar-refractivity contribution in [3.63, 3.8) is 0 Å². The van der Waals surface area contributed by atoms with Gasteiger partial charge in [-0.15, -0.1) is 10.2 Å². The number of hydrogen-bond acceptors (Lipinski definition) is 5. The molecule has 0 aliphatic heterocycles. The lowest BCUT2D eigenvalue weighted by molar-refractivity contribution is 0.0528. The van der Waals surface area contributed by atoms with Gasteiger partial charge >= 0.3 is 5.97 Å². The first-order chi connectivity index (χ1) is 15.7. The van der Waals surface area contributed by atoms with Gasteiger partial charge in [0.05, 0.1) is 6.61 Å². The number of rotatable bonds is 7. The Kier molecular flexibility index (Phi) is 6.56. The molecule has 4 aromatic rings. The zero-order chi connectivity index (χ0) is 22.3. The van der Waals surface area contributed by atoms with Crippen LogP contribution >= 0.6 is 0 Å². The maximum absolute atomic E-state index is 13.2. The molecule has 0 aliphatic carbocycles. The molecule has 0 bridgehead atoms. The summed E-state index contributed by atoms with van der Waals surface area (Å²) < 4.78 is 5.45. The average Bonchev–Trinajstić information content (AvgIpc) is 2.85. The third kappa shape index (κ3) is 4.52. The molecule has 5 heteroatoms. The molecule has 1 heterocycles. The summed E-state index contributed by atoms with van der Waals surface area (Å²) in [7, 11) is 0. The molecule has 0 fully saturated rings. The quantitative estimate of drug-likeness (QED) is 0.354. The van der Waals surface area contributed by atoms with E-state index in [2.05, 4.69) is 34.6 Å². The summed E-state index contributed by atoms with van der Waals surface area (Å²) in [6.45, 7) is 4.17. The van der Waals surface area contributed by atoms with E-state index in [-0.39, 0.29) is 6.61 Å². The van der Waals surface area contributed by atoms with Crippen LogP contribution in [0.4, 0.5) is 11.5 Å². The van der Waals surface area contributed by atoms with Gasteiger partial charge in [-0.2, -0.15) is 0 Å². The van der Waals surface area contributed by atoms with Crippen molar-refractivity contribution in [3.8, 4) is 22.4 Å². The Morgan fingerprint density at radius 2 is 1.44 bits per heavy atom. The van der Waals surface area contributed by atoms with E-state index in [1.807, 2.05) is 72.8 Å². The van der Waals surface area contributed by atoms with Gasteiger partial charge in [-0.3, -0.25) is 0 Å². The maximum Gasteiger partial charge on any atom is 0.342 e. The smallest absolute Gasteiger partial charge is 0.342 e. The Morgan fingerprint density at radius 1 is 0.812 bits per heavy atom. The van der Waals surface area contributed by atoms with E-state index < -0.39 is 5.97 Å². The summed E-state index contributed by atoms with van der Waals surface area (Å²) in [5.74, 6) is -0.0719. The second-order valence-electron chi connectivity index (χ2n) is 7.28. The van der Waals surface area contributed by atoms with E-state index in [0.717, 1.165) is 23.2 Å². The van der Waals surface area contributed by atoms with Gasteiger partial charge in [0.2, 0.25) is 0 Å². The molecule has 0 aliphatic rings. The Bertz CT molecular complexity index is 1190. The maximum atomic E-state index is 13.2. The molecule has 5 nitrogen and oxygen atoms in total. The van der Waals surface area contributed by atoms with Crippen LogP contribution in [0.1, 0.15) is 29.8 Å². The van der Waals surface area contributed by atoms with E-state index in [4.69, 9.17) is 4.74 Å². The molecule has 0 amide bonds. The van der Waals surface area contributed by atoms with Crippen molar-refractivity contribution in [1.82, 2.24) is 10.2 Å². The second kappa shape index (κ2) is 9.88. The van der Waals surface area contributed by atoms with E-state index >= 15 is 0 Å². The van der Waals surface area contributed by atoms with E-state index in [1.54, 1.807) is 6.92 Å². The molecule has 0 saturated heterocycles. The topological polar surface area (TPSA) is 64.1 Å². The lowest BCUT2D eigenvalue weighted by Gasteiger charge is -2.17. The second-order valence-corrected chi connectivity index (χ2v) is 7.28. The van der Waals surface area contributed by atoms with Gasteiger partial charge in [0, 0.05) is 16.8 Å². The predicted molar refractivity (Wildman–Crippen MR) is 128 cm³/mol. The number of carbonyl (C=O) groups is 1. The first-order valence-corrected chi connectivity index (χ1v) is 10.8. The fraction of sp³-hybridized carbons (Fsp3) is 0.148. The van der Waals surface area contributed by atoms with Gasteiger partial charge in [-0.1, -0.05) is 79.7 Å². The van der Waals surface area contributed by atoms with Crippen LogP contribution in [0.15, 0.2) is 84.9 Å². The number of nitrogens with zero attached hydrogens (tertiary/aromatic N) is 2. The summed E-state index contributed by atoms with van der Waals surface area (Å²) in [5.41, 5.74) is 5.50. The number of aryl methyl sites for hydroxylation is 1. The van der Waals surface area contributed by atoms with Crippen LogP contribution in [0.25, 0.3) is 22.4 Å². The normalized spacial score (nSPS) is 10.6. The third-order valence-electron chi connectivity index (χ3n) is 5.19. The minimum Gasteiger partial charge on any atom is -0.462 e. The van der Waals surface area contributed by atoms with E-state index in [9.17, 15) is 4.79 Å². The van der Waals surface area contributed by atoms with Crippen LogP contribution in [0.3, 0.4) is 0 Å². The number of esters is 1. The molecule has 4 rings (SSSR count). The minimum atomic E-state index is -0.439. The van der Waals surface area contributed by atoms with Crippen LogP contribution in [0.2, 0.25) is 0 Å². The average molecular weight is 424 g/mol. The van der Waals surface area contributed by atoms with Crippen LogP contribution < -0.4 is 5.32 Å². The monoisotopic (exact) mass is 423 g/mol. The molecule has 0 spiro atoms. The Balaban J connectivity index is 1.93. The molecule has 3 aromatic carbocycles. The highest BCUT2D eigenvalue weighted by molar-refractivity contribution is 6.05. The zero-order valence-corrected chi connectivity index (χ0v) is 18.2. The fourth-order valence-corrected chi connectivity index (χ4v) is 3.57. The standard InChI is InChI=1S/C27H25N3O2/c1-3-19-15-17-22(18-16-19)28-26-24(27(31)32-4-2)23(20-11-7-5-8-12-20)25(29-30-26)21-13-9-6-10-14-21/h5-18H,3-4H2,1-2H3,(H,28,30). The van der Waals surface area contributed by atoms with Gasteiger partial charge in [-0.05, 0) is 36.6 Å². The van der Waals surface area contributed by atoms with Crippen molar-refractivity contribution in [2.24, 2.45) is 0 Å². The number of anilines is 2. The molecule has 0 radical (unpaired) electrons. The highest BCUT2D eigenvalue weighted by Crippen LogP contribution is 2.37. The first-order valence-electron chi connectivity index (χ1n) is 10.8. The van der Waals surface area contributed by atoms with Crippen molar-refractivity contribution in [1.29, 1.82) is 0 Å². The van der Waals surface area contributed by atoms with Gasteiger partial charge in [0.15, 0.2) is 5.82 Å². The third-order valence-corrected chi connectivity index (χ3v) is 5.19. The molecule has 0 unspecified atom stereocenters. The molecule has 1 aromatic heterocycles. The summed E-state index contributed by atoms with van der Waals surface area (Å²) in [6.07, 6.45) is 0.956. The largest absolute Gasteiger partial charge is 0.462 e. The summed E-state index contributed by atoms with van der Waals surface area (Å²) >= 11 is 0. The zero-order valence-electron chi connectivity index (χ0n) is 18.2. The molecule has 0 saturated carbocycles. The van der Waals surface area contributed by atoms with Crippen LogP contribution in [0, 0.1) is 0 Å². The summed E-state index contributed by atoms with van der Waals surface area (Å²) in [4.78, 5) is 13.2. The predicted octanol–water partition coefficient (Wildman–Crippen LogP) is 6.29. The van der Waals surface area contributed by atoms with Crippen LogP contribution in [-0.2, 0) is 11.2 Å². The van der Waals surface area contributed by atoms with Crippen molar-refractivity contribution >= 4 is 17.5 Å². The van der Waals surface area contributed by atoms with Crippen molar-refractivity contribution < 1.29 is 9.53 Å². The number of carbonyl (C=O) groups excluding carboxylic acids is 1. The van der Waals surface area contributed by atoms with Gasteiger partial charge < -0.3 is 10.1 Å². The van der Waals surface area contributed by atoms with Crippen molar-refractivity contribution in [2.75, 3.05) is 11.9 Å². The highest BCUT2D eigenvalue weighted by Gasteiger charge is 2.25. The van der Waals surface area contributed by atoms with Gasteiger partial charge in [0.1, 0.15) is 11.3 Å². The number of aromatic nitrogens is 2. The summed E-state index contributed by atoms with van der Waals surface area (Å²) in [5, 5.41) is 12.2.